The number of nitrogens with zero attached hydrogens (tertiary/aromatic N) is 2. The Hall–Kier alpha value is -3.41. The summed E-state index contributed by atoms with van der Waals surface area (Å²) in [6.45, 7) is 5.42. The second-order valence-electron chi connectivity index (χ2n) is 7.49. The topological polar surface area (TPSA) is 129 Å². The highest BCUT2D eigenvalue weighted by molar-refractivity contribution is 6.08. The molecular formula is C20H24N4O5. The maximum Gasteiger partial charge on any atom is 0.326 e. The van der Waals surface area contributed by atoms with Crippen LogP contribution >= 0.6 is 0 Å². The summed E-state index contributed by atoms with van der Waals surface area (Å²) in [5.41, 5.74) is -1.81. The SMILES string of the molecule is CC(C)[C@](C)(C#N)NC(=O)COC(=O)CN1C(=O)N[C@@](C)(c2ccccc2)C1=O. The fourth-order valence-electron chi connectivity index (χ4n) is 2.76. The Labute approximate surface area is 169 Å². The minimum Gasteiger partial charge on any atom is -0.454 e. The number of nitriles is 1. The van der Waals surface area contributed by atoms with Gasteiger partial charge < -0.3 is 15.4 Å². The van der Waals surface area contributed by atoms with E-state index in [1.165, 1.54) is 0 Å². The van der Waals surface area contributed by atoms with Crippen LogP contribution < -0.4 is 10.6 Å². The summed E-state index contributed by atoms with van der Waals surface area (Å²) in [6, 6.07) is 9.95. The van der Waals surface area contributed by atoms with Gasteiger partial charge >= 0.3 is 12.0 Å². The zero-order valence-corrected chi connectivity index (χ0v) is 16.8. The number of hydrogen-bond donors (Lipinski definition) is 2. The van der Waals surface area contributed by atoms with Gasteiger partial charge in [-0.2, -0.15) is 5.26 Å². The van der Waals surface area contributed by atoms with Gasteiger partial charge in [-0.05, 0) is 25.3 Å². The number of amides is 4. The summed E-state index contributed by atoms with van der Waals surface area (Å²) < 4.78 is 4.87. The van der Waals surface area contributed by atoms with Gasteiger partial charge in [-0.25, -0.2) is 4.79 Å². The average Bonchev–Trinajstić information content (AvgIpc) is 2.91. The third-order valence-corrected chi connectivity index (χ3v) is 5.06. The van der Waals surface area contributed by atoms with Gasteiger partial charge in [-0.15, -0.1) is 0 Å². The molecule has 9 nitrogen and oxygen atoms in total. The third kappa shape index (κ3) is 4.54. The van der Waals surface area contributed by atoms with Gasteiger partial charge in [-0.3, -0.25) is 19.3 Å². The van der Waals surface area contributed by atoms with Crippen LogP contribution in [-0.2, 0) is 24.7 Å². The molecule has 0 bridgehead atoms. The molecule has 2 N–H and O–H groups in total. The monoisotopic (exact) mass is 400 g/mol. The predicted octanol–water partition coefficient (Wildman–Crippen LogP) is 1.05. The van der Waals surface area contributed by atoms with Crippen LogP contribution in [0.3, 0.4) is 0 Å². The number of esters is 1. The molecule has 0 unspecified atom stereocenters. The molecule has 0 radical (unpaired) electrons. The highest BCUT2D eigenvalue weighted by atomic mass is 16.5. The number of benzene rings is 1. The van der Waals surface area contributed by atoms with Crippen molar-refractivity contribution in [1.29, 1.82) is 5.26 Å². The largest absolute Gasteiger partial charge is 0.454 e. The van der Waals surface area contributed by atoms with Crippen LogP contribution in [-0.4, -0.2) is 47.4 Å². The van der Waals surface area contributed by atoms with Gasteiger partial charge in [0.15, 0.2) is 6.61 Å². The first-order valence-electron chi connectivity index (χ1n) is 9.11. The van der Waals surface area contributed by atoms with E-state index in [0.717, 1.165) is 4.90 Å². The van der Waals surface area contributed by atoms with Crippen molar-refractivity contribution in [1.82, 2.24) is 15.5 Å². The lowest BCUT2D eigenvalue weighted by Gasteiger charge is -2.27. The maximum absolute atomic E-state index is 12.7. The van der Waals surface area contributed by atoms with Crippen LogP contribution in [0.4, 0.5) is 4.79 Å². The van der Waals surface area contributed by atoms with Gasteiger partial charge in [0.2, 0.25) is 0 Å². The minimum atomic E-state index is -1.29. The Morgan fingerprint density at radius 1 is 1.31 bits per heavy atom. The van der Waals surface area contributed by atoms with Crippen molar-refractivity contribution in [2.75, 3.05) is 13.2 Å². The van der Waals surface area contributed by atoms with Crippen molar-refractivity contribution < 1.29 is 23.9 Å². The highest BCUT2D eigenvalue weighted by Gasteiger charge is 2.49. The summed E-state index contributed by atoms with van der Waals surface area (Å²) in [4.78, 5) is 49.8. The number of ether oxygens (including phenoxy) is 1. The Balaban J connectivity index is 1.96. The van der Waals surface area contributed by atoms with E-state index in [4.69, 9.17) is 4.74 Å². The lowest BCUT2D eigenvalue weighted by Crippen LogP contribution is -2.50. The Bertz CT molecular complexity index is 863. The van der Waals surface area contributed by atoms with Crippen molar-refractivity contribution in [3.8, 4) is 6.07 Å². The van der Waals surface area contributed by atoms with Crippen LogP contribution in [0.2, 0.25) is 0 Å². The fraction of sp³-hybridized carbons (Fsp3) is 0.450. The van der Waals surface area contributed by atoms with E-state index in [9.17, 15) is 24.4 Å². The summed E-state index contributed by atoms with van der Waals surface area (Å²) >= 11 is 0. The van der Waals surface area contributed by atoms with E-state index in [-0.39, 0.29) is 5.92 Å². The standard InChI is InChI=1S/C20H24N4O5/c1-13(2)19(3,12-21)22-15(25)11-29-16(26)10-24-17(27)20(4,23-18(24)28)14-8-6-5-7-9-14/h5-9,13H,10-11H2,1-4H3,(H,22,25)(H,23,28)/t19-,20-/m0/s1. The fourth-order valence-corrected chi connectivity index (χ4v) is 2.76. The number of rotatable bonds is 7. The molecule has 4 amide bonds. The Morgan fingerprint density at radius 3 is 2.48 bits per heavy atom. The number of urea groups is 1. The zero-order valence-electron chi connectivity index (χ0n) is 16.8. The van der Waals surface area contributed by atoms with E-state index < -0.39 is 48.0 Å². The summed E-state index contributed by atoms with van der Waals surface area (Å²) in [5.74, 6) is -2.31. The van der Waals surface area contributed by atoms with Crippen molar-refractivity contribution >= 4 is 23.8 Å². The molecule has 0 saturated carbocycles. The molecule has 1 aromatic carbocycles. The van der Waals surface area contributed by atoms with E-state index >= 15 is 0 Å². The molecule has 2 rings (SSSR count). The number of nitrogens with one attached hydrogen (secondary N) is 2. The third-order valence-electron chi connectivity index (χ3n) is 5.06. The first-order chi connectivity index (χ1) is 13.5. The molecule has 1 aliphatic rings. The molecule has 2 atom stereocenters. The smallest absolute Gasteiger partial charge is 0.326 e. The average molecular weight is 400 g/mol. The molecule has 1 heterocycles. The molecule has 0 aliphatic carbocycles. The first kappa shape index (κ1) is 21.9. The molecule has 0 aromatic heterocycles. The van der Waals surface area contributed by atoms with Gasteiger partial charge in [0.1, 0.15) is 17.6 Å². The Morgan fingerprint density at radius 2 is 1.93 bits per heavy atom. The van der Waals surface area contributed by atoms with Crippen molar-refractivity contribution in [3.63, 3.8) is 0 Å². The molecule has 154 valence electrons. The maximum atomic E-state index is 12.7. The van der Waals surface area contributed by atoms with Crippen LogP contribution in [0.1, 0.15) is 33.3 Å². The lowest BCUT2D eigenvalue weighted by molar-refractivity contribution is -0.151. The van der Waals surface area contributed by atoms with Gasteiger partial charge in [0, 0.05) is 0 Å². The van der Waals surface area contributed by atoms with E-state index in [2.05, 4.69) is 10.6 Å². The van der Waals surface area contributed by atoms with Gasteiger partial charge in [0.05, 0.1) is 6.07 Å². The van der Waals surface area contributed by atoms with Crippen molar-refractivity contribution in [2.45, 2.75) is 38.8 Å². The van der Waals surface area contributed by atoms with Crippen LogP contribution in [0.25, 0.3) is 0 Å². The minimum absolute atomic E-state index is 0.159. The zero-order chi connectivity index (χ0) is 21.8. The second kappa shape index (κ2) is 8.31. The van der Waals surface area contributed by atoms with Gasteiger partial charge in [-0.1, -0.05) is 44.2 Å². The molecule has 1 saturated heterocycles. The molecule has 0 spiro atoms. The number of hydrogen-bond acceptors (Lipinski definition) is 6. The summed E-state index contributed by atoms with van der Waals surface area (Å²) in [7, 11) is 0. The number of imide groups is 1. The van der Waals surface area contributed by atoms with Crippen LogP contribution in [0, 0.1) is 17.2 Å². The number of carbonyl (C=O) groups excluding carboxylic acids is 4. The first-order valence-corrected chi connectivity index (χ1v) is 9.11. The second-order valence-corrected chi connectivity index (χ2v) is 7.49. The predicted molar refractivity (Wildman–Crippen MR) is 102 cm³/mol. The quantitative estimate of drug-likeness (QED) is 0.520. The Kier molecular flexibility index (Phi) is 6.27. The summed E-state index contributed by atoms with van der Waals surface area (Å²) in [6.07, 6.45) is 0. The molecule has 9 heteroatoms. The molecule has 1 fully saturated rings. The lowest BCUT2D eigenvalue weighted by atomic mass is 9.90. The molecule has 1 aliphatic heterocycles. The number of carbonyl (C=O) groups is 4. The molecular weight excluding hydrogens is 376 g/mol. The molecule has 29 heavy (non-hydrogen) atoms. The molecule has 1 aromatic rings. The summed E-state index contributed by atoms with van der Waals surface area (Å²) in [5, 5.41) is 14.3. The van der Waals surface area contributed by atoms with E-state index in [0.29, 0.717) is 5.56 Å². The van der Waals surface area contributed by atoms with Crippen molar-refractivity contribution in [3.05, 3.63) is 35.9 Å². The highest BCUT2D eigenvalue weighted by Crippen LogP contribution is 2.28. The van der Waals surface area contributed by atoms with E-state index in [1.807, 2.05) is 6.07 Å². The van der Waals surface area contributed by atoms with Crippen LogP contribution in [0.5, 0.6) is 0 Å². The van der Waals surface area contributed by atoms with E-state index in [1.54, 1.807) is 58.0 Å². The van der Waals surface area contributed by atoms with Gasteiger partial charge in [0.25, 0.3) is 11.8 Å². The van der Waals surface area contributed by atoms with Crippen molar-refractivity contribution in [2.24, 2.45) is 5.92 Å². The van der Waals surface area contributed by atoms with Crippen LogP contribution in [0.15, 0.2) is 30.3 Å². The normalized spacial score (nSPS) is 20.6.